The van der Waals surface area contributed by atoms with Crippen LogP contribution >= 0.6 is 24.4 Å². The molecule has 4 aromatic carbocycles. The first-order chi connectivity index (χ1) is 26.8. The number of rotatable bonds is 8. The summed E-state index contributed by atoms with van der Waals surface area (Å²) in [6.07, 6.45) is 10.3. The van der Waals surface area contributed by atoms with Gasteiger partial charge in [0.05, 0.1) is 0 Å². The summed E-state index contributed by atoms with van der Waals surface area (Å²) < 4.78 is 61.7. The zero-order chi connectivity index (χ0) is 41.3. The number of hydrogen-bond acceptors (Lipinski definition) is 1. The first-order valence-corrected chi connectivity index (χ1v) is 21.6. The first-order valence-electron chi connectivity index (χ1n) is 17.4. The zero-order valence-electron chi connectivity index (χ0n) is 31.2. The number of carboxylic acid groups (broad SMARTS) is 1. The van der Waals surface area contributed by atoms with Gasteiger partial charge >= 0.3 is 57.4 Å². The fraction of sp³-hybridized carbons (Fsp3) is 0.326. The summed E-state index contributed by atoms with van der Waals surface area (Å²) in [4.78, 5) is 8.90. The molecule has 2 fully saturated rings. The Morgan fingerprint density at radius 1 is 0.526 bits per heavy atom. The van der Waals surface area contributed by atoms with Gasteiger partial charge in [0, 0.05) is 40.0 Å². The largest absolute Gasteiger partial charge is 0.0622 e. The maximum atomic E-state index is 10.6. The maximum Gasteiger partial charge on any atom is 0.00405 e. The summed E-state index contributed by atoms with van der Waals surface area (Å²) in [7, 11) is 0.513. The van der Waals surface area contributed by atoms with E-state index in [2.05, 4.69) is 148 Å². The zero-order valence-corrected chi connectivity index (χ0v) is 36.2. The summed E-state index contributed by atoms with van der Waals surface area (Å²) in [5.74, 6) is -1.58. The Hall–Kier alpha value is -2.57. The van der Waals surface area contributed by atoms with Gasteiger partial charge in [-0.25, -0.2) is 4.79 Å². The van der Waals surface area contributed by atoms with Crippen molar-refractivity contribution in [3.8, 4) is 0 Å². The van der Waals surface area contributed by atoms with Crippen molar-refractivity contribution in [1.82, 2.24) is 0 Å². The minimum absolute atomic E-state index is 0. The van der Waals surface area contributed by atoms with Gasteiger partial charge in [-0.05, 0) is 74.1 Å². The SMILES string of the molecule is C1CCC(PC2CCCCC2)CC1.O=C(O)C(F)(F)F.[C-]#[O+].[C-]#[O+].[C-]#[O+].[C-]#[O+].[Fe].[Fe].c1ccc(P(CP(c2ccccc2)c2ccccc2)c2ccccc2)cc1. The molecule has 6 rings (SSSR count). The Morgan fingerprint density at radius 3 is 0.930 bits per heavy atom. The van der Waals surface area contributed by atoms with Crippen LogP contribution in [0.1, 0.15) is 64.2 Å². The molecule has 0 bridgehead atoms. The van der Waals surface area contributed by atoms with E-state index < -0.39 is 28.0 Å². The van der Waals surface area contributed by atoms with Gasteiger partial charge in [0.15, 0.2) is 0 Å². The molecule has 6 nitrogen and oxygen atoms in total. The van der Waals surface area contributed by atoms with Gasteiger partial charge < -0.3 is 5.11 Å². The topological polar surface area (TPSA) is 117 Å². The molecule has 0 spiro atoms. The predicted octanol–water partition coefficient (Wildman–Crippen LogP) is 10.0. The number of benzene rings is 4. The molecule has 0 saturated heterocycles. The van der Waals surface area contributed by atoms with Gasteiger partial charge in [0.2, 0.25) is 0 Å². The van der Waals surface area contributed by atoms with Gasteiger partial charge in [0.25, 0.3) is 0 Å². The van der Waals surface area contributed by atoms with Crippen molar-refractivity contribution in [3.05, 3.63) is 148 Å². The van der Waals surface area contributed by atoms with E-state index in [1.54, 1.807) is 25.7 Å². The van der Waals surface area contributed by atoms with Crippen molar-refractivity contribution in [1.29, 1.82) is 0 Å². The Bertz CT molecular complexity index is 1420. The van der Waals surface area contributed by atoms with Crippen LogP contribution in [-0.2, 0) is 57.5 Å². The van der Waals surface area contributed by atoms with Crippen molar-refractivity contribution in [2.45, 2.75) is 81.7 Å². The molecule has 0 radical (unpaired) electrons. The standard InChI is InChI=1S/C25H22P2.C12H23P.C2HF3O2.4CO.2Fe/c1-5-13-22(14-6-1)26(23-15-7-2-8-16-23)21-27(24-17-9-3-10-18-24)25-19-11-4-12-20-25;1-3-7-11(8-4-1)13-12-9-5-2-6-10-12;3-2(4,5)1(6)7;4*1-2;;/h1-20H,21H2;11-13H,1-10H2;(H,6,7);;;;;;. The molecule has 2 aliphatic rings. The van der Waals surface area contributed by atoms with Gasteiger partial charge in [-0.3, -0.25) is 0 Å². The summed E-state index contributed by atoms with van der Waals surface area (Å²) in [6, 6.07) is 44.1. The van der Waals surface area contributed by atoms with Crippen LogP contribution < -0.4 is 21.2 Å². The van der Waals surface area contributed by atoms with E-state index in [0.29, 0.717) is 0 Å². The third-order valence-electron chi connectivity index (χ3n) is 8.48. The van der Waals surface area contributed by atoms with Crippen LogP contribution in [0.4, 0.5) is 13.2 Å². The van der Waals surface area contributed by atoms with Crippen LogP contribution in [0.25, 0.3) is 0 Å². The number of aliphatic carboxylic acids is 1. The van der Waals surface area contributed by atoms with Crippen LogP contribution in [0.15, 0.2) is 121 Å². The fourth-order valence-corrected chi connectivity index (χ4v) is 14.7. The quantitative estimate of drug-likeness (QED) is 0.0821. The number of hydrogen-bond donors (Lipinski definition) is 1. The molecule has 0 aromatic heterocycles. The van der Waals surface area contributed by atoms with Crippen LogP contribution in [0.5, 0.6) is 0 Å². The summed E-state index contributed by atoms with van der Waals surface area (Å²) >= 11 is 0. The minimum atomic E-state index is -5.08. The van der Waals surface area contributed by atoms with Gasteiger partial charge in [0.1, 0.15) is 0 Å². The molecule has 0 heterocycles. The van der Waals surface area contributed by atoms with Crippen molar-refractivity contribution < 1.29 is 75.8 Å². The Labute approximate surface area is 361 Å². The van der Waals surface area contributed by atoms with E-state index in [0.717, 1.165) is 11.3 Å². The molecule has 0 unspecified atom stereocenters. The minimum Gasteiger partial charge on any atom is -0.0622 e. The molecule has 1 N–H and O–H groups in total. The average Bonchev–Trinajstić information content (AvgIpc) is 3.26. The monoisotopic (exact) mass is 920 g/mol. The summed E-state index contributed by atoms with van der Waals surface area (Å²) in [5.41, 5.74) is 2.30. The number of carbonyl (C=O) groups is 1. The van der Waals surface area contributed by atoms with Crippen LogP contribution in [0, 0.1) is 26.6 Å². The third kappa shape index (κ3) is 24.8. The van der Waals surface area contributed by atoms with Gasteiger partial charge in [-0.2, -0.15) is 13.2 Å². The number of halogens is 3. The van der Waals surface area contributed by atoms with Crippen molar-refractivity contribution in [2.24, 2.45) is 0 Å². The predicted molar refractivity (Wildman–Crippen MR) is 214 cm³/mol. The molecule has 2 saturated carbocycles. The molecular formula is C43H46F3Fe2O6P3. The van der Waals surface area contributed by atoms with E-state index in [1.807, 2.05) is 0 Å². The second-order valence-electron chi connectivity index (χ2n) is 12.0. The number of carboxylic acids is 1. The second kappa shape index (κ2) is 37.7. The van der Waals surface area contributed by atoms with Gasteiger partial charge in [-0.15, -0.1) is 8.58 Å². The van der Waals surface area contributed by atoms with Crippen LogP contribution in [0.3, 0.4) is 0 Å². The number of alkyl halides is 3. The average molecular weight is 920 g/mol. The Morgan fingerprint density at radius 2 is 0.737 bits per heavy atom. The molecular weight excluding hydrogens is 874 g/mol. The van der Waals surface area contributed by atoms with Crippen LogP contribution in [-0.4, -0.2) is 34.5 Å². The molecule has 4 aromatic rings. The van der Waals surface area contributed by atoms with Crippen molar-refractivity contribution in [3.63, 3.8) is 0 Å². The molecule has 0 atom stereocenters. The Kier molecular flexibility index (Phi) is 38.8. The van der Waals surface area contributed by atoms with Crippen molar-refractivity contribution >= 4 is 51.6 Å². The van der Waals surface area contributed by atoms with Gasteiger partial charge in [-0.1, -0.05) is 160 Å². The van der Waals surface area contributed by atoms with E-state index in [9.17, 15) is 13.2 Å². The second-order valence-corrected chi connectivity index (χ2v) is 18.9. The smallest absolute Gasteiger partial charge is 0.00405 e. The summed E-state index contributed by atoms with van der Waals surface area (Å²) in [5, 5.41) is 13.0. The normalized spacial score (nSPS) is 13.1. The van der Waals surface area contributed by atoms with E-state index in [1.165, 1.54) is 74.2 Å². The van der Waals surface area contributed by atoms with E-state index in [4.69, 9.17) is 28.5 Å². The molecule has 0 amide bonds. The Balaban J connectivity index is -0.000000816. The molecule has 306 valence electrons. The summed E-state index contributed by atoms with van der Waals surface area (Å²) in [6.45, 7) is 18.0. The van der Waals surface area contributed by atoms with E-state index in [-0.39, 0.29) is 34.1 Å². The maximum absolute atomic E-state index is 10.6. The van der Waals surface area contributed by atoms with Crippen molar-refractivity contribution in [2.75, 3.05) is 5.90 Å². The molecule has 0 aliphatic heterocycles. The first kappa shape index (κ1) is 58.7. The molecule has 57 heavy (non-hydrogen) atoms. The third-order valence-corrected chi connectivity index (χ3v) is 16.5. The molecule has 2 aliphatic carbocycles. The van der Waals surface area contributed by atoms with Crippen LogP contribution in [0.2, 0.25) is 0 Å². The molecule has 14 heteroatoms. The van der Waals surface area contributed by atoms with E-state index >= 15 is 0 Å². The fourth-order valence-electron chi connectivity index (χ4n) is 6.07.